The topological polar surface area (TPSA) is 26.3 Å². The molecule has 0 aromatic heterocycles. The Kier molecular flexibility index (Phi) is 5.30. The molecule has 0 amide bonds. The molecule has 0 fully saturated rings. The quantitative estimate of drug-likeness (QED) is 0.348. The van der Waals surface area contributed by atoms with Crippen LogP contribution in [0, 0.1) is 0 Å². The summed E-state index contributed by atoms with van der Waals surface area (Å²) in [4.78, 5) is 11.6. The largest absolute Gasteiger partial charge is 0.423 e. The zero-order valence-corrected chi connectivity index (χ0v) is 11.6. The van der Waals surface area contributed by atoms with Crippen LogP contribution >= 0.6 is 0 Å². The van der Waals surface area contributed by atoms with E-state index in [4.69, 9.17) is 4.74 Å². The lowest BCUT2D eigenvalue weighted by molar-refractivity contribution is -0.128. The minimum Gasteiger partial charge on any atom is -0.423 e. The Morgan fingerprint density at radius 2 is 1.62 bits per heavy atom. The van der Waals surface area contributed by atoms with Crippen LogP contribution in [0.5, 0.6) is 5.75 Å². The first kappa shape index (κ1) is 14.5. The van der Waals surface area contributed by atoms with Gasteiger partial charge in [-0.3, -0.25) is 0 Å². The lowest BCUT2D eigenvalue weighted by Crippen LogP contribution is -2.03. The summed E-state index contributed by atoms with van der Waals surface area (Å²) in [7, 11) is 0. The molecular weight excluding hydrogens is 260 g/mol. The van der Waals surface area contributed by atoms with Crippen molar-refractivity contribution in [2.75, 3.05) is 0 Å². The third kappa shape index (κ3) is 4.96. The van der Waals surface area contributed by atoms with Crippen molar-refractivity contribution in [3.05, 3.63) is 90.5 Å². The van der Waals surface area contributed by atoms with Crippen molar-refractivity contribution in [3.8, 4) is 5.75 Å². The van der Waals surface area contributed by atoms with Crippen LogP contribution in [0.4, 0.5) is 0 Å². The third-order valence-corrected chi connectivity index (χ3v) is 2.77. The van der Waals surface area contributed by atoms with Gasteiger partial charge in [-0.05, 0) is 23.3 Å². The molecule has 2 nitrogen and oxygen atoms in total. The van der Waals surface area contributed by atoms with Crippen molar-refractivity contribution in [1.29, 1.82) is 0 Å². The molecule has 0 saturated heterocycles. The zero-order chi connectivity index (χ0) is 14.9. The van der Waals surface area contributed by atoms with Crippen molar-refractivity contribution in [3.63, 3.8) is 0 Å². The number of hydrogen-bond donors (Lipinski definition) is 0. The maximum absolute atomic E-state index is 11.6. The second kappa shape index (κ2) is 7.65. The van der Waals surface area contributed by atoms with Crippen LogP contribution < -0.4 is 4.74 Å². The average Bonchev–Trinajstić information content (AvgIpc) is 2.53. The highest BCUT2D eigenvalue weighted by molar-refractivity contribution is 5.84. The number of ether oxygens (including phenoxy) is 1. The molecule has 21 heavy (non-hydrogen) atoms. The molecule has 0 unspecified atom stereocenters. The molecule has 2 heteroatoms. The maximum atomic E-state index is 11.6. The predicted octanol–water partition coefficient (Wildman–Crippen LogP) is 4.50. The van der Waals surface area contributed by atoms with Crippen LogP contribution in [0.3, 0.4) is 0 Å². The van der Waals surface area contributed by atoms with Crippen molar-refractivity contribution < 1.29 is 9.53 Å². The van der Waals surface area contributed by atoms with E-state index in [1.54, 1.807) is 30.4 Å². The Morgan fingerprint density at radius 1 is 0.905 bits per heavy atom. The molecule has 0 bridgehead atoms. The summed E-state index contributed by atoms with van der Waals surface area (Å²) in [6.45, 7) is 3.67. The summed E-state index contributed by atoms with van der Waals surface area (Å²) in [5.41, 5.74) is 2.06. The van der Waals surface area contributed by atoms with E-state index < -0.39 is 5.97 Å². The molecule has 2 rings (SSSR count). The smallest absolute Gasteiger partial charge is 0.336 e. The van der Waals surface area contributed by atoms with E-state index >= 15 is 0 Å². The fourth-order valence-electron chi connectivity index (χ4n) is 1.69. The highest BCUT2D eigenvalue weighted by atomic mass is 16.5. The fourth-order valence-corrected chi connectivity index (χ4v) is 1.69. The number of carbonyl (C=O) groups excluding carboxylic acids is 1. The van der Waals surface area contributed by atoms with Crippen molar-refractivity contribution in [2.45, 2.75) is 0 Å². The predicted molar refractivity (Wildman–Crippen MR) is 86.8 cm³/mol. The number of benzene rings is 2. The van der Waals surface area contributed by atoms with Crippen LogP contribution in [0.25, 0.3) is 12.2 Å². The summed E-state index contributed by atoms with van der Waals surface area (Å²) >= 11 is 0. The van der Waals surface area contributed by atoms with E-state index in [0.29, 0.717) is 5.75 Å². The van der Waals surface area contributed by atoms with Gasteiger partial charge in [-0.25, -0.2) is 4.79 Å². The molecule has 0 N–H and O–H groups in total. The van der Waals surface area contributed by atoms with E-state index in [2.05, 4.69) is 6.58 Å². The number of esters is 1. The molecule has 0 aliphatic rings. The summed E-state index contributed by atoms with van der Waals surface area (Å²) in [5, 5.41) is 0. The van der Waals surface area contributed by atoms with Gasteiger partial charge in [-0.15, -0.1) is 0 Å². The normalized spacial score (nSPS) is 10.9. The first-order valence-electron chi connectivity index (χ1n) is 6.62. The molecular formula is C19H16O2. The van der Waals surface area contributed by atoms with Crippen molar-refractivity contribution in [2.24, 2.45) is 0 Å². The summed E-state index contributed by atoms with van der Waals surface area (Å²) in [6.07, 6.45) is 8.51. The monoisotopic (exact) mass is 276 g/mol. The van der Waals surface area contributed by atoms with E-state index in [9.17, 15) is 4.79 Å². The number of hydrogen-bond acceptors (Lipinski definition) is 2. The van der Waals surface area contributed by atoms with Crippen LogP contribution in [-0.2, 0) is 4.79 Å². The summed E-state index contributed by atoms with van der Waals surface area (Å²) in [5.74, 6) is 0.112. The van der Waals surface area contributed by atoms with Crippen LogP contribution in [-0.4, -0.2) is 5.97 Å². The zero-order valence-electron chi connectivity index (χ0n) is 11.6. The van der Waals surface area contributed by atoms with Gasteiger partial charge in [0.25, 0.3) is 0 Å². The fraction of sp³-hybridized carbons (Fsp3) is 0. The highest BCUT2D eigenvalue weighted by Crippen LogP contribution is 2.13. The number of allylic oxidation sites excluding steroid dienone is 2. The lowest BCUT2D eigenvalue weighted by Gasteiger charge is -2.00. The van der Waals surface area contributed by atoms with Crippen LogP contribution in [0.1, 0.15) is 11.1 Å². The Bertz CT molecular complexity index is 650. The maximum Gasteiger partial charge on any atom is 0.336 e. The van der Waals surface area contributed by atoms with Gasteiger partial charge in [0.2, 0.25) is 0 Å². The van der Waals surface area contributed by atoms with Gasteiger partial charge in [-0.2, -0.15) is 0 Å². The number of carbonyl (C=O) groups is 1. The second-order valence-electron chi connectivity index (χ2n) is 4.32. The minimum atomic E-state index is -0.404. The molecule has 0 atom stereocenters. The molecule has 0 aliphatic carbocycles. The van der Waals surface area contributed by atoms with Gasteiger partial charge >= 0.3 is 5.97 Å². The molecule has 0 saturated carbocycles. The third-order valence-electron chi connectivity index (χ3n) is 2.77. The van der Waals surface area contributed by atoms with Gasteiger partial charge in [0.05, 0.1) is 0 Å². The molecule has 104 valence electrons. The van der Waals surface area contributed by atoms with E-state index in [-0.39, 0.29) is 0 Å². The van der Waals surface area contributed by atoms with Gasteiger partial charge in [0.15, 0.2) is 0 Å². The summed E-state index contributed by atoms with van der Waals surface area (Å²) < 4.78 is 5.17. The highest BCUT2D eigenvalue weighted by Gasteiger charge is 1.98. The van der Waals surface area contributed by atoms with Crippen molar-refractivity contribution in [1.82, 2.24) is 0 Å². The standard InChI is InChI=1S/C19H16O2/c1-2-16-12-14-18(15-13-16)21-19(20)11-7-6-10-17-8-4-3-5-9-17/h2-15H,1H2/b10-6+,11-7-. The molecule has 0 radical (unpaired) electrons. The Labute approximate surface area is 124 Å². The van der Waals surface area contributed by atoms with Crippen LogP contribution in [0.15, 0.2) is 79.4 Å². The van der Waals surface area contributed by atoms with E-state index in [1.807, 2.05) is 48.5 Å². The Balaban J connectivity index is 1.87. The minimum absolute atomic E-state index is 0.404. The Morgan fingerprint density at radius 3 is 2.29 bits per heavy atom. The SMILES string of the molecule is C=Cc1ccc(OC(=O)/C=C\C=C\c2ccccc2)cc1. The first-order valence-corrected chi connectivity index (χ1v) is 6.62. The Hall–Kier alpha value is -2.87. The van der Waals surface area contributed by atoms with Gasteiger partial charge in [0, 0.05) is 6.08 Å². The first-order chi connectivity index (χ1) is 10.3. The molecule has 0 aliphatic heterocycles. The average molecular weight is 276 g/mol. The lowest BCUT2D eigenvalue weighted by atomic mass is 10.2. The van der Waals surface area contributed by atoms with Gasteiger partial charge < -0.3 is 4.74 Å². The van der Waals surface area contributed by atoms with Crippen molar-refractivity contribution >= 4 is 18.1 Å². The molecule has 0 spiro atoms. The molecule has 0 heterocycles. The van der Waals surface area contributed by atoms with E-state index in [0.717, 1.165) is 11.1 Å². The van der Waals surface area contributed by atoms with E-state index in [1.165, 1.54) is 6.08 Å². The second-order valence-corrected chi connectivity index (χ2v) is 4.32. The summed E-state index contributed by atoms with van der Waals surface area (Å²) in [6, 6.07) is 17.0. The van der Waals surface area contributed by atoms with Gasteiger partial charge in [-0.1, -0.05) is 73.3 Å². The number of rotatable bonds is 5. The van der Waals surface area contributed by atoms with Crippen LogP contribution in [0.2, 0.25) is 0 Å². The molecule has 2 aromatic carbocycles. The van der Waals surface area contributed by atoms with Gasteiger partial charge in [0.1, 0.15) is 5.75 Å². The molecule has 2 aromatic rings.